The molecule has 47 heavy (non-hydrogen) atoms. The van der Waals surface area contributed by atoms with Crippen LogP contribution in [0.25, 0.3) is 11.3 Å². The number of aromatic carboxylic acids is 1. The van der Waals surface area contributed by atoms with E-state index in [1.807, 2.05) is 6.07 Å². The Balaban J connectivity index is 1.38. The second kappa shape index (κ2) is 14.7. The maximum Gasteiger partial charge on any atom is 0.338 e. The molecule has 1 unspecified atom stereocenters. The van der Waals surface area contributed by atoms with E-state index >= 15 is 0 Å². The largest absolute Gasteiger partial charge is 0.478 e. The van der Waals surface area contributed by atoms with Gasteiger partial charge in [-0.15, -0.1) is 23.1 Å². The summed E-state index contributed by atoms with van der Waals surface area (Å²) in [7, 11) is 0. The molecule has 1 heterocycles. The molecule has 0 aliphatic heterocycles. The van der Waals surface area contributed by atoms with Crippen LogP contribution in [0, 0.1) is 10.1 Å². The van der Waals surface area contributed by atoms with Crippen molar-refractivity contribution in [3.8, 4) is 11.3 Å². The minimum absolute atomic E-state index is 0.0776. The number of thioether (sulfide) groups is 1. The summed E-state index contributed by atoms with van der Waals surface area (Å²) >= 11 is 26.8. The number of hydrogen-bond acceptors (Lipinski definition) is 8. The lowest BCUT2D eigenvalue weighted by atomic mass is 10.1. The molecule has 0 bridgehead atoms. The summed E-state index contributed by atoms with van der Waals surface area (Å²) < 4.78 is 0. The van der Waals surface area contributed by atoms with Crippen LogP contribution in [0.1, 0.15) is 31.5 Å². The molecule has 0 spiro atoms. The summed E-state index contributed by atoms with van der Waals surface area (Å²) in [5.74, 6) is -2.81. The Morgan fingerprint density at radius 2 is 1.53 bits per heavy atom. The van der Waals surface area contributed by atoms with Crippen LogP contribution < -0.4 is 10.6 Å². The van der Waals surface area contributed by atoms with Gasteiger partial charge in [0.1, 0.15) is 5.25 Å². The molecule has 10 nitrogen and oxygen atoms in total. The number of carbonyl (C=O) groups excluding carboxylic acids is 2. The minimum Gasteiger partial charge on any atom is -0.478 e. The number of benzene rings is 4. The van der Waals surface area contributed by atoms with Crippen molar-refractivity contribution in [2.45, 2.75) is 10.1 Å². The van der Waals surface area contributed by atoms with Gasteiger partial charge in [0.2, 0.25) is 5.91 Å². The van der Waals surface area contributed by atoms with Gasteiger partial charge in [0.25, 0.3) is 11.6 Å². The van der Waals surface area contributed by atoms with E-state index in [0.717, 1.165) is 0 Å². The number of amides is 2. The topological polar surface area (TPSA) is 152 Å². The van der Waals surface area contributed by atoms with Crippen LogP contribution in [0.3, 0.4) is 0 Å². The van der Waals surface area contributed by atoms with Crippen molar-refractivity contribution in [3.63, 3.8) is 0 Å². The van der Waals surface area contributed by atoms with Crippen LogP contribution in [-0.2, 0) is 4.79 Å². The summed E-state index contributed by atoms with van der Waals surface area (Å²) in [6.07, 6.45) is 0. The number of thiazole rings is 1. The number of carboxylic acid groups (broad SMARTS) is 1. The molecule has 1 aromatic heterocycles. The van der Waals surface area contributed by atoms with E-state index in [4.69, 9.17) is 46.4 Å². The highest BCUT2D eigenvalue weighted by Gasteiger charge is 2.29. The van der Waals surface area contributed by atoms with Crippen LogP contribution in [-0.4, -0.2) is 32.8 Å². The summed E-state index contributed by atoms with van der Waals surface area (Å²) in [5, 5.41) is 26.2. The lowest BCUT2D eigenvalue weighted by molar-refractivity contribution is -0.384. The Kier molecular flexibility index (Phi) is 10.7. The fourth-order valence-corrected chi connectivity index (χ4v) is 7.16. The maximum atomic E-state index is 13.7. The highest BCUT2D eigenvalue weighted by Crippen LogP contribution is 2.42. The average Bonchev–Trinajstić information content (AvgIpc) is 3.53. The summed E-state index contributed by atoms with van der Waals surface area (Å²) in [4.78, 5) is 54.6. The Bertz CT molecular complexity index is 2040. The number of anilines is 2. The van der Waals surface area contributed by atoms with Crippen molar-refractivity contribution in [1.29, 1.82) is 0 Å². The smallest absolute Gasteiger partial charge is 0.338 e. The molecular formula is C31H18Cl4N4O6S2. The van der Waals surface area contributed by atoms with Gasteiger partial charge >= 0.3 is 5.97 Å². The molecule has 0 radical (unpaired) electrons. The highest BCUT2D eigenvalue weighted by molar-refractivity contribution is 8.00. The van der Waals surface area contributed by atoms with Crippen molar-refractivity contribution in [2.24, 2.45) is 0 Å². The number of rotatable bonds is 10. The number of nitrogens with zero attached hydrogens (tertiary/aromatic N) is 2. The number of non-ortho nitro benzene ring substituents is 1. The first-order chi connectivity index (χ1) is 22.4. The summed E-state index contributed by atoms with van der Waals surface area (Å²) in [5.41, 5.74) is 0.800. The molecule has 2 amide bonds. The monoisotopic (exact) mass is 746 g/mol. The zero-order chi connectivity index (χ0) is 33.8. The van der Waals surface area contributed by atoms with Gasteiger partial charge in [0, 0.05) is 33.7 Å². The zero-order valence-electron chi connectivity index (χ0n) is 23.4. The van der Waals surface area contributed by atoms with Gasteiger partial charge in [-0.05, 0) is 23.8 Å². The number of aromatic nitrogens is 1. The second-order valence-electron chi connectivity index (χ2n) is 9.54. The number of carboxylic acids is 1. The van der Waals surface area contributed by atoms with Gasteiger partial charge in [-0.2, -0.15) is 0 Å². The summed E-state index contributed by atoms with van der Waals surface area (Å²) in [6.45, 7) is 0. The molecular weight excluding hydrogens is 730 g/mol. The van der Waals surface area contributed by atoms with Gasteiger partial charge in [-0.3, -0.25) is 19.7 Å². The molecule has 3 N–H and O–H groups in total. The van der Waals surface area contributed by atoms with E-state index in [2.05, 4.69) is 15.6 Å². The molecule has 0 fully saturated rings. The first-order valence-electron chi connectivity index (χ1n) is 13.2. The number of hydrogen-bond donors (Lipinski definition) is 3. The van der Waals surface area contributed by atoms with Crippen LogP contribution in [0.5, 0.6) is 0 Å². The van der Waals surface area contributed by atoms with Crippen LogP contribution in [0.2, 0.25) is 20.1 Å². The molecule has 0 aliphatic carbocycles. The third-order valence-corrected chi connectivity index (χ3v) is 10.3. The molecule has 5 rings (SSSR count). The van der Waals surface area contributed by atoms with Crippen molar-refractivity contribution in [3.05, 3.63) is 131 Å². The van der Waals surface area contributed by atoms with Crippen LogP contribution in [0.4, 0.5) is 16.5 Å². The SMILES string of the molecule is O=C(O)c1c(Cl)c(Cl)c(Cl)c(Cl)c1C(=O)Nc1cccc(SC(C(=O)Nc2nc(-c3cccc([N+](=O)[O-])c3)cs2)c2ccccc2)c1. The van der Waals surface area contributed by atoms with E-state index in [1.54, 1.807) is 66.0 Å². The van der Waals surface area contributed by atoms with E-state index in [0.29, 0.717) is 26.8 Å². The normalized spacial score (nSPS) is 11.5. The van der Waals surface area contributed by atoms with E-state index in [1.165, 1.54) is 35.2 Å². The van der Waals surface area contributed by atoms with Gasteiger partial charge in [0.15, 0.2) is 5.13 Å². The predicted octanol–water partition coefficient (Wildman–Crippen LogP) is 9.75. The quantitative estimate of drug-likeness (QED) is 0.0420. The Morgan fingerprint density at radius 3 is 2.21 bits per heavy atom. The highest BCUT2D eigenvalue weighted by atomic mass is 35.5. The van der Waals surface area contributed by atoms with Gasteiger partial charge < -0.3 is 15.7 Å². The lowest BCUT2D eigenvalue weighted by Gasteiger charge is -2.17. The molecule has 4 aromatic carbocycles. The van der Waals surface area contributed by atoms with E-state index in [9.17, 15) is 29.6 Å². The third kappa shape index (κ3) is 7.70. The lowest BCUT2D eigenvalue weighted by Crippen LogP contribution is -2.19. The van der Waals surface area contributed by atoms with Crippen LogP contribution in [0.15, 0.2) is 89.1 Å². The third-order valence-electron chi connectivity index (χ3n) is 6.48. The van der Waals surface area contributed by atoms with Gasteiger partial charge in [-0.25, -0.2) is 9.78 Å². The molecule has 0 saturated carbocycles. The number of nitrogens with one attached hydrogen (secondary N) is 2. The van der Waals surface area contributed by atoms with Gasteiger partial charge in [0.05, 0.1) is 41.8 Å². The first kappa shape index (κ1) is 34.2. The number of carbonyl (C=O) groups is 3. The summed E-state index contributed by atoms with van der Waals surface area (Å²) in [6, 6.07) is 21.6. The fraction of sp³-hybridized carbons (Fsp3) is 0.0323. The first-order valence-corrected chi connectivity index (χ1v) is 16.4. The average molecular weight is 748 g/mol. The number of halogens is 4. The van der Waals surface area contributed by atoms with E-state index in [-0.39, 0.29) is 32.3 Å². The Morgan fingerprint density at radius 1 is 0.851 bits per heavy atom. The molecule has 1 atom stereocenters. The fourth-order valence-electron chi connectivity index (χ4n) is 4.34. The molecule has 0 aliphatic rings. The molecule has 0 saturated heterocycles. The molecule has 238 valence electrons. The maximum absolute atomic E-state index is 13.7. The standard InChI is InChI=1S/C31H18Cl4N4O6S2/c32-23-21(22(30(42)43)24(33)26(35)25(23)34)28(40)36-17-9-5-11-19(13-17)47-27(15-6-2-1-3-7-15)29(41)38-31-37-20(14-46-31)16-8-4-10-18(12-16)39(44)45/h1-14,27H,(H,36,40)(H,42,43)(H,37,38,41). The Hall–Kier alpha value is -4.17. The van der Waals surface area contributed by atoms with Crippen molar-refractivity contribution < 1.29 is 24.4 Å². The predicted molar refractivity (Wildman–Crippen MR) is 186 cm³/mol. The second-order valence-corrected chi connectivity index (χ2v) is 13.1. The minimum atomic E-state index is -1.53. The number of nitro groups is 1. The van der Waals surface area contributed by atoms with Crippen LogP contribution >= 0.6 is 69.5 Å². The van der Waals surface area contributed by atoms with Gasteiger partial charge in [-0.1, -0.05) is 94.9 Å². The Labute approximate surface area is 294 Å². The van der Waals surface area contributed by atoms with Crippen molar-refractivity contribution >= 4 is 104 Å². The molecule has 5 aromatic rings. The zero-order valence-corrected chi connectivity index (χ0v) is 28.0. The van der Waals surface area contributed by atoms with E-state index < -0.39 is 38.2 Å². The van der Waals surface area contributed by atoms with Crippen molar-refractivity contribution in [2.75, 3.05) is 10.6 Å². The number of nitro benzene ring substituents is 1. The van der Waals surface area contributed by atoms with Crippen molar-refractivity contribution in [1.82, 2.24) is 4.98 Å². The molecule has 16 heteroatoms.